The van der Waals surface area contributed by atoms with Crippen LogP contribution in [0.1, 0.15) is 30.1 Å². The zero-order valence-corrected chi connectivity index (χ0v) is 16.8. The van der Waals surface area contributed by atoms with Gasteiger partial charge in [0.05, 0.1) is 39.9 Å². The smallest absolute Gasteiger partial charge is 0.249 e. The van der Waals surface area contributed by atoms with Crippen molar-refractivity contribution in [2.45, 2.75) is 24.3 Å². The van der Waals surface area contributed by atoms with E-state index in [9.17, 15) is 9.59 Å². The monoisotopic (exact) mass is 409 g/mol. The molecular weight excluding hydrogens is 390 g/mol. The van der Waals surface area contributed by atoms with Gasteiger partial charge in [0.2, 0.25) is 0 Å². The van der Waals surface area contributed by atoms with E-state index in [1.54, 1.807) is 24.3 Å². The molecule has 0 spiro atoms. The summed E-state index contributed by atoms with van der Waals surface area (Å²) in [5.41, 5.74) is 2.73. The average Bonchev–Trinajstić information content (AvgIpc) is 3.39. The highest BCUT2D eigenvalue weighted by Crippen LogP contribution is 2.60. The van der Waals surface area contributed by atoms with Crippen LogP contribution in [0.2, 0.25) is 0 Å². The standard InChI is InChI=1S/C24H19N5O2/c1-14(2)24(29-23(31)28(22(30)27-29)15-8-4-3-5-9-15)16-12-13-17(24)21-20(16)25-18-10-6-7-11-19(18)26-21/h3-13,16-17H,1H2,2H3,(H,27,30). The Hall–Kier alpha value is -4.00. The largest absolute Gasteiger partial charge is 0.352 e. The fraction of sp³-hybridized carbons (Fsp3) is 0.167. The van der Waals surface area contributed by atoms with Crippen LogP contribution in [0, 0.1) is 0 Å². The van der Waals surface area contributed by atoms with Crippen molar-refractivity contribution in [1.82, 2.24) is 24.3 Å². The molecule has 2 aliphatic carbocycles. The maximum absolute atomic E-state index is 13.6. The molecule has 31 heavy (non-hydrogen) atoms. The van der Waals surface area contributed by atoms with E-state index in [2.05, 4.69) is 23.8 Å². The zero-order chi connectivity index (χ0) is 21.3. The quantitative estimate of drug-likeness (QED) is 0.527. The molecule has 0 saturated heterocycles. The van der Waals surface area contributed by atoms with Crippen molar-refractivity contribution in [2.75, 3.05) is 0 Å². The van der Waals surface area contributed by atoms with E-state index in [1.807, 2.05) is 37.3 Å². The van der Waals surface area contributed by atoms with Crippen molar-refractivity contribution >= 4 is 11.0 Å². The lowest BCUT2D eigenvalue weighted by atomic mass is 9.79. The molecule has 7 heteroatoms. The van der Waals surface area contributed by atoms with Crippen LogP contribution in [-0.4, -0.2) is 24.3 Å². The van der Waals surface area contributed by atoms with Gasteiger partial charge in [-0.05, 0) is 31.2 Å². The summed E-state index contributed by atoms with van der Waals surface area (Å²) in [6.07, 6.45) is 4.10. The number of rotatable bonds is 3. The minimum atomic E-state index is -0.893. The van der Waals surface area contributed by atoms with Crippen LogP contribution in [0.3, 0.4) is 0 Å². The van der Waals surface area contributed by atoms with E-state index >= 15 is 0 Å². The minimum absolute atomic E-state index is 0.248. The Labute approximate surface area is 177 Å². The maximum atomic E-state index is 13.6. The fourth-order valence-corrected chi connectivity index (χ4v) is 5.23. The summed E-state index contributed by atoms with van der Waals surface area (Å²) in [5, 5.41) is 2.81. The number of nitrogens with one attached hydrogen (secondary N) is 1. The first-order valence-electron chi connectivity index (χ1n) is 10.1. The highest BCUT2D eigenvalue weighted by atomic mass is 16.2. The van der Waals surface area contributed by atoms with Gasteiger partial charge < -0.3 is 0 Å². The third kappa shape index (κ3) is 2.12. The first-order chi connectivity index (χ1) is 15.0. The summed E-state index contributed by atoms with van der Waals surface area (Å²) >= 11 is 0. The van der Waals surface area contributed by atoms with Crippen molar-refractivity contribution in [3.05, 3.63) is 111 Å². The Morgan fingerprint density at radius 3 is 2.03 bits per heavy atom. The van der Waals surface area contributed by atoms with E-state index in [-0.39, 0.29) is 11.8 Å². The van der Waals surface area contributed by atoms with Crippen molar-refractivity contribution in [1.29, 1.82) is 0 Å². The number of fused-ring (bicyclic) bond motifs is 6. The Morgan fingerprint density at radius 1 is 0.935 bits per heavy atom. The van der Waals surface area contributed by atoms with Crippen molar-refractivity contribution in [2.24, 2.45) is 0 Å². The van der Waals surface area contributed by atoms with Gasteiger partial charge in [0.25, 0.3) is 0 Å². The van der Waals surface area contributed by atoms with Crippen LogP contribution in [0.25, 0.3) is 16.7 Å². The van der Waals surface area contributed by atoms with Gasteiger partial charge >= 0.3 is 11.4 Å². The number of hydrogen-bond donors (Lipinski definition) is 1. The van der Waals surface area contributed by atoms with E-state index in [4.69, 9.17) is 9.97 Å². The van der Waals surface area contributed by atoms with Gasteiger partial charge in [-0.15, -0.1) is 0 Å². The predicted octanol–water partition coefficient (Wildman–Crippen LogP) is 2.99. The van der Waals surface area contributed by atoms with Gasteiger partial charge in [-0.2, -0.15) is 0 Å². The number of para-hydroxylation sites is 3. The zero-order valence-electron chi connectivity index (χ0n) is 16.8. The Balaban J connectivity index is 1.63. The second-order valence-corrected chi connectivity index (χ2v) is 8.13. The summed E-state index contributed by atoms with van der Waals surface area (Å²) in [6.45, 7) is 6.14. The second kappa shape index (κ2) is 6.01. The number of aromatic nitrogens is 5. The molecule has 0 fully saturated rings. The number of hydrogen-bond acceptors (Lipinski definition) is 4. The minimum Gasteiger partial charge on any atom is -0.249 e. The van der Waals surface area contributed by atoms with E-state index < -0.39 is 16.9 Å². The molecule has 0 aliphatic heterocycles. The number of H-pyrrole nitrogens is 1. The van der Waals surface area contributed by atoms with Gasteiger partial charge in [-0.1, -0.05) is 54.6 Å². The SMILES string of the molecule is C=C(C)C1(n2[nH]c(=O)n(-c3ccccc3)c2=O)C2C=CC1c1nc3ccccc3nc12. The molecular formula is C24H19N5O2. The molecule has 7 nitrogen and oxygen atoms in total. The first kappa shape index (κ1) is 17.8. The second-order valence-electron chi connectivity index (χ2n) is 8.13. The summed E-state index contributed by atoms with van der Waals surface area (Å²) in [4.78, 5) is 36.2. The summed E-state index contributed by atoms with van der Waals surface area (Å²) in [7, 11) is 0. The Kier molecular flexibility index (Phi) is 3.46. The molecule has 0 radical (unpaired) electrons. The number of aromatic amines is 1. The van der Waals surface area contributed by atoms with Gasteiger partial charge in [0, 0.05) is 0 Å². The van der Waals surface area contributed by atoms with Crippen LogP contribution < -0.4 is 11.4 Å². The first-order valence-corrected chi connectivity index (χ1v) is 10.1. The molecule has 4 aromatic rings. The average molecular weight is 409 g/mol. The van der Waals surface area contributed by atoms with Crippen LogP contribution >= 0.6 is 0 Å². The molecule has 2 aromatic heterocycles. The predicted molar refractivity (Wildman–Crippen MR) is 118 cm³/mol. The van der Waals surface area contributed by atoms with Gasteiger partial charge in [0.1, 0.15) is 5.54 Å². The van der Waals surface area contributed by atoms with E-state index in [0.717, 1.165) is 32.6 Å². The van der Waals surface area contributed by atoms with Crippen LogP contribution in [0.15, 0.2) is 88.5 Å². The molecule has 2 heterocycles. The summed E-state index contributed by atoms with van der Waals surface area (Å²) < 4.78 is 2.60. The summed E-state index contributed by atoms with van der Waals surface area (Å²) in [6, 6.07) is 16.6. The molecule has 0 amide bonds. The van der Waals surface area contributed by atoms with Crippen molar-refractivity contribution in [3.63, 3.8) is 0 Å². The third-order valence-corrected chi connectivity index (χ3v) is 6.52. The van der Waals surface area contributed by atoms with Crippen LogP contribution in [0.4, 0.5) is 0 Å². The van der Waals surface area contributed by atoms with E-state index in [1.165, 1.54) is 4.68 Å². The summed E-state index contributed by atoms with van der Waals surface area (Å²) in [5.74, 6) is -0.496. The van der Waals surface area contributed by atoms with E-state index in [0.29, 0.717) is 5.69 Å². The number of allylic oxidation sites excluding steroid dienone is 3. The number of nitrogens with zero attached hydrogens (tertiary/aromatic N) is 4. The lowest BCUT2D eigenvalue weighted by molar-refractivity contribution is 0.280. The molecule has 1 N–H and O–H groups in total. The van der Waals surface area contributed by atoms with Crippen LogP contribution in [-0.2, 0) is 5.54 Å². The molecule has 2 unspecified atom stereocenters. The van der Waals surface area contributed by atoms with Crippen molar-refractivity contribution < 1.29 is 0 Å². The normalized spacial score (nSPS) is 23.4. The van der Waals surface area contributed by atoms with Gasteiger partial charge in [-0.25, -0.2) is 33.9 Å². The molecule has 2 bridgehead atoms. The lowest BCUT2D eigenvalue weighted by Crippen LogP contribution is -2.46. The molecule has 0 saturated carbocycles. The van der Waals surface area contributed by atoms with Crippen molar-refractivity contribution in [3.8, 4) is 5.69 Å². The highest BCUT2D eigenvalue weighted by molar-refractivity contribution is 5.75. The van der Waals surface area contributed by atoms with Gasteiger partial charge in [0.15, 0.2) is 0 Å². The highest BCUT2D eigenvalue weighted by Gasteiger charge is 2.60. The molecule has 2 aliphatic rings. The molecule has 2 aromatic carbocycles. The lowest BCUT2D eigenvalue weighted by Gasteiger charge is -2.35. The Bertz CT molecular complexity index is 1470. The Morgan fingerprint density at radius 2 is 1.48 bits per heavy atom. The fourth-order valence-electron chi connectivity index (χ4n) is 5.23. The topological polar surface area (TPSA) is 85.6 Å². The number of benzene rings is 2. The van der Waals surface area contributed by atoms with Crippen LogP contribution in [0.5, 0.6) is 0 Å². The maximum Gasteiger partial charge on any atom is 0.352 e. The molecule has 6 rings (SSSR count). The molecule has 2 atom stereocenters. The van der Waals surface area contributed by atoms with Gasteiger partial charge in [-0.3, -0.25) is 0 Å². The molecule has 152 valence electrons. The third-order valence-electron chi connectivity index (χ3n) is 6.52.